The van der Waals surface area contributed by atoms with Gasteiger partial charge in [0.25, 0.3) is 10.0 Å². The van der Waals surface area contributed by atoms with Crippen LogP contribution in [0.25, 0.3) is 0 Å². The average Bonchev–Trinajstić information content (AvgIpc) is 2.33. The lowest BCUT2D eigenvalue weighted by atomic mass is 10.4. The molecule has 0 bridgehead atoms. The lowest BCUT2D eigenvalue weighted by Crippen LogP contribution is -2.48. The number of benzene rings is 1. The Morgan fingerprint density at radius 2 is 1.89 bits per heavy atom. The monoisotopic (exact) mass is 398 g/mol. The van der Waals surface area contributed by atoms with E-state index in [1.54, 1.807) is 23.2 Å². The molecule has 0 saturated carbocycles. The maximum Gasteiger partial charge on any atom is 0.254 e. The van der Waals surface area contributed by atoms with Crippen molar-refractivity contribution in [2.75, 3.05) is 26.3 Å². The van der Waals surface area contributed by atoms with Crippen molar-refractivity contribution >= 4 is 41.9 Å². The Labute approximate surface area is 123 Å². The molecule has 1 saturated heterocycles. The summed E-state index contributed by atoms with van der Waals surface area (Å²) in [6, 6.07) is 5.03. The highest BCUT2D eigenvalue weighted by Gasteiger charge is 2.22. The molecule has 0 amide bonds. The predicted octanol–water partition coefficient (Wildman–Crippen LogP) is 1.74. The van der Waals surface area contributed by atoms with Gasteiger partial charge in [-0.25, -0.2) is 13.4 Å². The van der Waals surface area contributed by atoms with Crippen LogP contribution in [0.3, 0.4) is 0 Å². The average molecular weight is 400 g/mol. The minimum absolute atomic E-state index is 0.211. The van der Waals surface area contributed by atoms with E-state index in [4.69, 9.17) is 4.74 Å². The first kappa shape index (κ1) is 14.4. The second kappa shape index (κ2) is 5.98. The molecule has 0 atom stereocenters. The molecule has 2 rings (SSSR count). The third-order valence-corrected chi connectivity index (χ3v) is 5.31. The van der Waals surface area contributed by atoms with Crippen LogP contribution in [-0.4, -0.2) is 39.7 Å². The summed E-state index contributed by atoms with van der Waals surface area (Å²) in [6.45, 7) is 2.15. The van der Waals surface area contributed by atoms with Crippen molar-refractivity contribution in [3.8, 4) is 0 Å². The molecule has 1 fully saturated rings. The van der Waals surface area contributed by atoms with Crippen LogP contribution in [0.5, 0.6) is 0 Å². The minimum Gasteiger partial charge on any atom is -0.379 e. The van der Waals surface area contributed by atoms with Gasteiger partial charge in [-0.15, -0.1) is 4.83 Å². The number of halogens is 2. The molecule has 8 heteroatoms. The van der Waals surface area contributed by atoms with Crippen molar-refractivity contribution in [3.05, 3.63) is 27.1 Å². The van der Waals surface area contributed by atoms with E-state index in [-0.39, 0.29) is 4.90 Å². The summed E-state index contributed by atoms with van der Waals surface area (Å²) < 4.78 is 30.9. The molecule has 1 aliphatic rings. The van der Waals surface area contributed by atoms with Gasteiger partial charge < -0.3 is 4.74 Å². The Bertz CT molecular complexity index is 530. The van der Waals surface area contributed by atoms with Crippen molar-refractivity contribution in [2.45, 2.75) is 4.90 Å². The van der Waals surface area contributed by atoms with Crippen LogP contribution < -0.4 is 4.83 Å². The molecular weight excluding hydrogens is 388 g/mol. The summed E-state index contributed by atoms with van der Waals surface area (Å²) in [6.07, 6.45) is 0. The van der Waals surface area contributed by atoms with Gasteiger partial charge in [0.1, 0.15) is 0 Å². The zero-order valence-corrected chi connectivity index (χ0v) is 13.4. The van der Waals surface area contributed by atoms with E-state index in [2.05, 4.69) is 36.7 Å². The number of hydrazine groups is 1. The fourth-order valence-corrected chi connectivity index (χ4v) is 4.18. The predicted molar refractivity (Wildman–Crippen MR) is 74.6 cm³/mol. The summed E-state index contributed by atoms with van der Waals surface area (Å²) in [4.78, 5) is 2.77. The SMILES string of the molecule is O=S(=O)(NN1CCOCC1)c1cc(Br)ccc1Br. The second-order valence-corrected chi connectivity index (χ2v) is 7.17. The second-order valence-electron chi connectivity index (χ2n) is 3.77. The van der Waals surface area contributed by atoms with Gasteiger partial charge in [0.05, 0.1) is 18.1 Å². The van der Waals surface area contributed by atoms with E-state index in [1.807, 2.05) is 0 Å². The first-order valence-electron chi connectivity index (χ1n) is 5.29. The van der Waals surface area contributed by atoms with Gasteiger partial charge in [-0.2, -0.15) is 0 Å². The molecule has 1 heterocycles. The zero-order valence-electron chi connectivity index (χ0n) is 9.40. The smallest absolute Gasteiger partial charge is 0.254 e. The number of morpholine rings is 1. The number of hydrogen-bond donors (Lipinski definition) is 1. The highest BCUT2D eigenvalue weighted by Crippen LogP contribution is 2.25. The highest BCUT2D eigenvalue weighted by molar-refractivity contribution is 9.11. The maximum absolute atomic E-state index is 12.2. The maximum atomic E-state index is 12.2. The summed E-state index contributed by atoms with van der Waals surface area (Å²) in [7, 11) is -3.57. The number of hydrogen-bond acceptors (Lipinski definition) is 4. The van der Waals surface area contributed by atoms with Crippen molar-refractivity contribution in [3.63, 3.8) is 0 Å². The van der Waals surface area contributed by atoms with Crippen LogP contribution in [-0.2, 0) is 14.8 Å². The van der Waals surface area contributed by atoms with E-state index < -0.39 is 10.0 Å². The number of sulfonamides is 1. The lowest BCUT2D eigenvalue weighted by Gasteiger charge is -2.26. The van der Waals surface area contributed by atoms with E-state index in [1.165, 1.54) is 0 Å². The van der Waals surface area contributed by atoms with E-state index in [0.717, 1.165) is 0 Å². The van der Waals surface area contributed by atoms with Gasteiger partial charge in [-0.05, 0) is 34.1 Å². The molecule has 100 valence electrons. The third-order valence-electron chi connectivity index (χ3n) is 2.44. The van der Waals surface area contributed by atoms with Gasteiger partial charge in [-0.3, -0.25) is 0 Å². The molecule has 0 aliphatic carbocycles. The van der Waals surface area contributed by atoms with Gasteiger partial charge in [0.15, 0.2) is 0 Å². The van der Waals surface area contributed by atoms with Crippen LogP contribution >= 0.6 is 31.9 Å². The number of rotatable bonds is 3. The Kier molecular flexibility index (Phi) is 4.79. The number of nitrogens with one attached hydrogen (secondary N) is 1. The van der Waals surface area contributed by atoms with Gasteiger partial charge >= 0.3 is 0 Å². The summed E-state index contributed by atoms with van der Waals surface area (Å²) >= 11 is 6.52. The summed E-state index contributed by atoms with van der Waals surface area (Å²) in [5, 5.41) is 1.65. The van der Waals surface area contributed by atoms with Crippen molar-refractivity contribution in [1.29, 1.82) is 0 Å². The summed E-state index contributed by atoms with van der Waals surface area (Å²) in [5.74, 6) is 0. The van der Waals surface area contributed by atoms with Gasteiger partial charge in [-0.1, -0.05) is 15.9 Å². The van der Waals surface area contributed by atoms with E-state index in [0.29, 0.717) is 35.2 Å². The first-order chi connectivity index (χ1) is 8.49. The molecule has 1 aromatic rings. The normalized spacial score (nSPS) is 17.9. The quantitative estimate of drug-likeness (QED) is 0.840. The number of nitrogens with zero attached hydrogens (tertiary/aromatic N) is 1. The molecule has 5 nitrogen and oxygen atoms in total. The van der Waals surface area contributed by atoms with E-state index >= 15 is 0 Å². The molecule has 0 radical (unpaired) electrons. The van der Waals surface area contributed by atoms with Gasteiger partial charge in [0.2, 0.25) is 0 Å². The highest BCUT2D eigenvalue weighted by atomic mass is 79.9. The largest absolute Gasteiger partial charge is 0.379 e. The van der Waals surface area contributed by atoms with E-state index in [9.17, 15) is 8.42 Å². The Morgan fingerprint density at radius 1 is 1.22 bits per heavy atom. The Balaban J connectivity index is 2.21. The molecule has 0 spiro atoms. The molecule has 1 N–H and O–H groups in total. The molecule has 18 heavy (non-hydrogen) atoms. The van der Waals surface area contributed by atoms with Crippen LogP contribution in [0.4, 0.5) is 0 Å². The summed E-state index contributed by atoms with van der Waals surface area (Å²) in [5.41, 5.74) is 0. The molecule has 0 unspecified atom stereocenters. The van der Waals surface area contributed by atoms with Crippen molar-refractivity contribution in [1.82, 2.24) is 9.84 Å². The van der Waals surface area contributed by atoms with Crippen molar-refractivity contribution in [2.24, 2.45) is 0 Å². The number of ether oxygens (including phenoxy) is 1. The van der Waals surface area contributed by atoms with Crippen LogP contribution in [0, 0.1) is 0 Å². The molecule has 0 aromatic heterocycles. The minimum atomic E-state index is -3.57. The molecule has 1 aromatic carbocycles. The van der Waals surface area contributed by atoms with Crippen LogP contribution in [0.1, 0.15) is 0 Å². The fraction of sp³-hybridized carbons (Fsp3) is 0.400. The zero-order chi connectivity index (χ0) is 13.2. The molecule has 1 aliphatic heterocycles. The molecular formula is C10H12Br2N2O3S. The van der Waals surface area contributed by atoms with Crippen LogP contribution in [0.2, 0.25) is 0 Å². The Morgan fingerprint density at radius 3 is 2.56 bits per heavy atom. The fourth-order valence-electron chi connectivity index (χ4n) is 1.56. The van der Waals surface area contributed by atoms with Crippen LogP contribution in [0.15, 0.2) is 32.0 Å². The topological polar surface area (TPSA) is 58.6 Å². The third kappa shape index (κ3) is 3.52. The van der Waals surface area contributed by atoms with Crippen molar-refractivity contribution < 1.29 is 13.2 Å². The lowest BCUT2D eigenvalue weighted by molar-refractivity contribution is 0.0272. The first-order valence-corrected chi connectivity index (χ1v) is 8.36. The Hall–Kier alpha value is 0.01000. The standard InChI is InChI=1S/C10H12Br2N2O3S/c11-8-1-2-9(12)10(7-8)18(15,16)13-14-3-5-17-6-4-14/h1-2,7,13H,3-6H2. The van der Waals surface area contributed by atoms with Gasteiger partial charge in [0, 0.05) is 22.0 Å².